The molecule has 2 aromatic carbocycles. The summed E-state index contributed by atoms with van der Waals surface area (Å²) in [4.78, 5) is 0. The lowest BCUT2D eigenvalue weighted by Gasteiger charge is -2.43. The molecule has 2 aliphatic rings. The second kappa shape index (κ2) is 7.13. The average Bonchev–Trinajstić information content (AvgIpc) is 2.68. The molecule has 2 aromatic rings. The van der Waals surface area contributed by atoms with Crippen LogP contribution in [0, 0.1) is 19.3 Å². The molecule has 0 aliphatic carbocycles. The van der Waals surface area contributed by atoms with E-state index in [0.29, 0.717) is 26.4 Å². The van der Waals surface area contributed by atoms with Crippen LogP contribution in [0.1, 0.15) is 34.8 Å². The molecule has 2 aliphatic heterocycles. The van der Waals surface area contributed by atoms with E-state index < -0.39 is 12.6 Å². The third kappa shape index (κ3) is 3.66. The Kier molecular flexibility index (Phi) is 4.82. The summed E-state index contributed by atoms with van der Waals surface area (Å²) in [5.74, 6) is 0.520. The quantitative estimate of drug-likeness (QED) is 0.840. The Bertz CT molecular complexity index is 744. The first-order valence-corrected chi connectivity index (χ1v) is 9.01. The Labute approximate surface area is 158 Å². The Morgan fingerprint density at radius 2 is 1.07 bits per heavy atom. The molecule has 0 unspecified atom stereocenters. The van der Waals surface area contributed by atoms with Crippen LogP contribution in [0.3, 0.4) is 0 Å². The van der Waals surface area contributed by atoms with Crippen LogP contribution in [0.2, 0.25) is 0 Å². The maximum atomic E-state index is 9.66. The summed E-state index contributed by atoms with van der Waals surface area (Å²) in [6.07, 6.45) is -0.903. The topological polar surface area (TPSA) is 77.4 Å². The van der Waals surface area contributed by atoms with Crippen LogP contribution in [0.4, 0.5) is 0 Å². The predicted molar refractivity (Wildman–Crippen MR) is 97.4 cm³/mol. The summed E-state index contributed by atoms with van der Waals surface area (Å²) in [6, 6.07) is 10.7. The minimum Gasteiger partial charge on any atom is -0.508 e. The minimum absolute atomic E-state index is 0.260. The van der Waals surface area contributed by atoms with Gasteiger partial charge in [-0.3, -0.25) is 0 Å². The molecule has 2 fully saturated rings. The largest absolute Gasteiger partial charge is 0.508 e. The monoisotopic (exact) mass is 372 g/mol. The third-order valence-corrected chi connectivity index (χ3v) is 5.15. The van der Waals surface area contributed by atoms with Crippen molar-refractivity contribution in [3.63, 3.8) is 0 Å². The number of phenols is 2. The van der Waals surface area contributed by atoms with E-state index in [9.17, 15) is 10.2 Å². The molecule has 2 heterocycles. The van der Waals surface area contributed by atoms with Crippen molar-refractivity contribution in [2.24, 2.45) is 5.41 Å². The van der Waals surface area contributed by atoms with Crippen LogP contribution in [0.5, 0.6) is 11.5 Å². The second-order valence-corrected chi connectivity index (χ2v) is 7.50. The van der Waals surface area contributed by atoms with Gasteiger partial charge in [-0.1, -0.05) is 12.1 Å². The van der Waals surface area contributed by atoms with Crippen LogP contribution >= 0.6 is 0 Å². The maximum Gasteiger partial charge on any atom is 0.183 e. The standard InChI is InChI=1S/C21H24O6/c1-13-7-15(3-5-17(13)22)19-24-9-21(10-25-19)11-26-20(27-12-21)16-4-6-18(23)14(2)8-16/h3-8,19-20,22-23H,9-12H2,1-2H3. The molecule has 0 amide bonds. The molecule has 0 atom stereocenters. The number of ether oxygens (including phenoxy) is 4. The summed E-state index contributed by atoms with van der Waals surface area (Å²) in [5, 5.41) is 19.3. The molecule has 2 N–H and O–H groups in total. The molecule has 0 bridgehead atoms. The minimum atomic E-state index is -0.451. The fourth-order valence-corrected chi connectivity index (χ4v) is 3.39. The molecule has 4 rings (SSSR count). The number of aromatic hydroxyl groups is 2. The summed E-state index contributed by atoms with van der Waals surface area (Å²) >= 11 is 0. The van der Waals surface area contributed by atoms with Crippen LogP contribution in [0.15, 0.2) is 36.4 Å². The molecule has 144 valence electrons. The molecular weight excluding hydrogens is 348 g/mol. The van der Waals surface area contributed by atoms with E-state index in [1.165, 1.54) is 0 Å². The van der Waals surface area contributed by atoms with Gasteiger partial charge in [-0.05, 0) is 49.2 Å². The third-order valence-electron chi connectivity index (χ3n) is 5.15. The normalized spacial score (nSPS) is 28.4. The lowest BCUT2D eigenvalue weighted by Crippen LogP contribution is -2.49. The first kappa shape index (κ1) is 18.3. The first-order valence-electron chi connectivity index (χ1n) is 9.01. The number of phenolic OH excluding ortho intramolecular Hbond substituents is 2. The zero-order valence-electron chi connectivity index (χ0n) is 15.5. The first-order chi connectivity index (χ1) is 13.0. The van der Waals surface area contributed by atoms with Gasteiger partial charge in [-0.2, -0.15) is 0 Å². The van der Waals surface area contributed by atoms with Crippen molar-refractivity contribution in [2.75, 3.05) is 26.4 Å². The van der Waals surface area contributed by atoms with E-state index in [1.54, 1.807) is 12.1 Å². The van der Waals surface area contributed by atoms with Gasteiger partial charge in [0.05, 0.1) is 31.8 Å². The Morgan fingerprint density at radius 1 is 0.704 bits per heavy atom. The van der Waals surface area contributed by atoms with Crippen LogP contribution in [0.25, 0.3) is 0 Å². The van der Waals surface area contributed by atoms with Gasteiger partial charge >= 0.3 is 0 Å². The van der Waals surface area contributed by atoms with Crippen molar-refractivity contribution in [1.82, 2.24) is 0 Å². The Morgan fingerprint density at radius 3 is 1.41 bits per heavy atom. The number of rotatable bonds is 2. The van der Waals surface area contributed by atoms with Gasteiger partial charge in [0.1, 0.15) is 11.5 Å². The molecule has 0 saturated carbocycles. The highest BCUT2D eigenvalue weighted by Crippen LogP contribution is 2.39. The van der Waals surface area contributed by atoms with E-state index >= 15 is 0 Å². The van der Waals surface area contributed by atoms with Crippen molar-refractivity contribution < 1.29 is 29.2 Å². The molecule has 2 saturated heterocycles. The highest BCUT2D eigenvalue weighted by Gasteiger charge is 2.42. The highest BCUT2D eigenvalue weighted by molar-refractivity contribution is 5.36. The van der Waals surface area contributed by atoms with Crippen molar-refractivity contribution in [3.05, 3.63) is 58.7 Å². The van der Waals surface area contributed by atoms with Crippen molar-refractivity contribution >= 4 is 0 Å². The second-order valence-electron chi connectivity index (χ2n) is 7.50. The van der Waals surface area contributed by atoms with E-state index in [1.807, 2.05) is 38.1 Å². The number of aryl methyl sites for hydroxylation is 2. The van der Waals surface area contributed by atoms with Gasteiger partial charge in [-0.15, -0.1) is 0 Å². The summed E-state index contributed by atoms with van der Waals surface area (Å²) < 4.78 is 23.7. The maximum absolute atomic E-state index is 9.66. The molecule has 6 nitrogen and oxygen atoms in total. The van der Waals surface area contributed by atoms with E-state index in [2.05, 4.69) is 0 Å². The van der Waals surface area contributed by atoms with Gasteiger partial charge in [0.25, 0.3) is 0 Å². The number of hydrogen-bond donors (Lipinski definition) is 2. The van der Waals surface area contributed by atoms with Crippen LogP contribution in [-0.4, -0.2) is 36.6 Å². The lowest BCUT2D eigenvalue weighted by molar-refractivity contribution is -0.307. The predicted octanol–water partition coefficient (Wildman–Crippen LogP) is 3.49. The van der Waals surface area contributed by atoms with Gasteiger partial charge in [0, 0.05) is 11.1 Å². The zero-order chi connectivity index (χ0) is 19.0. The van der Waals surface area contributed by atoms with E-state index in [0.717, 1.165) is 22.3 Å². The highest BCUT2D eigenvalue weighted by atomic mass is 16.7. The van der Waals surface area contributed by atoms with E-state index in [-0.39, 0.29) is 16.9 Å². The molecule has 27 heavy (non-hydrogen) atoms. The Balaban J connectivity index is 1.37. The van der Waals surface area contributed by atoms with Gasteiger partial charge in [-0.25, -0.2) is 0 Å². The van der Waals surface area contributed by atoms with Crippen molar-refractivity contribution in [3.8, 4) is 11.5 Å². The summed E-state index contributed by atoms with van der Waals surface area (Å²) in [6.45, 7) is 5.57. The van der Waals surface area contributed by atoms with Gasteiger partial charge in [0.2, 0.25) is 0 Å². The smallest absolute Gasteiger partial charge is 0.183 e. The molecule has 0 radical (unpaired) electrons. The SMILES string of the molecule is Cc1cc(C2OCC3(CO2)COC(c2ccc(O)c(C)c2)OC3)ccc1O. The van der Waals surface area contributed by atoms with Crippen molar-refractivity contribution in [2.45, 2.75) is 26.4 Å². The van der Waals surface area contributed by atoms with Gasteiger partial charge < -0.3 is 29.2 Å². The van der Waals surface area contributed by atoms with Crippen molar-refractivity contribution in [1.29, 1.82) is 0 Å². The molecular formula is C21H24O6. The molecule has 0 aromatic heterocycles. The average molecular weight is 372 g/mol. The number of benzene rings is 2. The fraction of sp³-hybridized carbons (Fsp3) is 0.429. The van der Waals surface area contributed by atoms with E-state index in [4.69, 9.17) is 18.9 Å². The zero-order valence-corrected chi connectivity index (χ0v) is 15.5. The van der Waals surface area contributed by atoms with Gasteiger partial charge in [0.15, 0.2) is 12.6 Å². The van der Waals surface area contributed by atoms with Crippen LogP contribution < -0.4 is 0 Å². The number of hydrogen-bond acceptors (Lipinski definition) is 6. The van der Waals surface area contributed by atoms with Crippen LogP contribution in [-0.2, 0) is 18.9 Å². The lowest BCUT2D eigenvalue weighted by atomic mass is 9.90. The fourth-order valence-electron chi connectivity index (χ4n) is 3.39. The molecule has 6 heteroatoms. The Hall–Kier alpha value is -2.12. The summed E-state index contributed by atoms with van der Waals surface area (Å²) in [5.41, 5.74) is 3.02. The molecule has 1 spiro atoms. The summed E-state index contributed by atoms with van der Waals surface area (Å²) in [7, 11) is 0.